The largest absolute Gasteiger partial charge is 0.313 e. The lowest BCUT2D eigenvalue weighted by molar-refractivity contribution is 0.628. The van der Waals surface area contributed by atoms with Gasteiger partial charge in [-0.1, -0.05) is 42.3 Å². The van der Waals surface area contributed by atoms with E-state index >= 15 is 0 Å². The molecule has 106 valence electrons. The van der Waals surface area contributed by atoms with Crippen LogP contribution < -0.4 is 5.32 Å². The molecule has 2 rings (SSSR count). The molecule has 1 N–H and O–H groups in total. The van der Waals surface area contributed by atoms with E-state index in [0.717, 1.165) is 36.2 Å². The first-order valence-electron chi connectivity index (χ1n) is 6.56. The van der Waals surface area contributed by atoms with Gasteiger partial charge < -0.3 is 5.32 Å². The predicted molar refractivity (Wildman–Crippen MR) is 83.9 cm³/mol. The van der Waals surface area contributed by atoms with Crippen molar-refractivity contribution < 1.29 is 4.39 Å². The van der Waals surface area contributed by atoms with Crippen LogP contribution in [-0.4, -0.2) is 6.54 Å². The van der Waals surface area contributed by atoms with Crippen LogP contribution in [0.3, 0.4) is 0 Å². The van der Waals surface area contributed by atoms with E-state index in [4.69, 9.17) is 23.2 Å². The molecule has 20 heavy (non-hydrogen) atoms. The van der Waals surface area contributed by atoms with Gasteiger partial charge in [0.05, 0.1) is 5.02 Å². The lowest BCUT2D eigenvalue weighted by Gasteiger charge is -2.10. The predicted octanol–water partition coefficient (Wildman–Crippen LogP) is 5.30. The first kappa shape index (κ1) is 15.3. The highest BCUT2D eigenvalue weighted by Gasteiger charge is 2.09. The lowest BCUT2D eigenvalue weighted by Crippen LogP contribution is -2.13. The Labute approximate surface area is 128 Å². The second kappa shape index (κ2) is 7.07. The molecule has 0 atom stereocenters. The Morgan fingerprint density at radius 3 is 2.25 bits per heavy atom. The summed E-state index contributed by atoms with van der Waals surface area (Å²) in [6.45, 7) is 3.88. The maximum Gasteiger partial charge on any atom is 0.124 e. The summed E-state index contributed by atoms with van der Waals surface area (Å²) in [6, 6.07) is 10.2. The minimum absolute atomic E-state index is 0.352. The minimum atomic E-state index is -0.352. The van der Waals surface area contributed by atoms with Crippen molar-refractivity contribution in [2.24, 2.45) is 0 Å². The number of halogens is 3. The molecule has 2 aromatic rings. The summed E-state index contributed by atoms with van der Waals surface area (Å²) in [5, 5.41) is 4.31. The van der Waals surface area contributed by atoms with Gasteiger partial charge in [0.1, 0.15) is 5.82 Å². The van der Waals surface area contributed by atoms with Gasteiger partial charge in [-0.3, -0.25) is 0 Å². The number of hydrogen-bond acceptors (Lipinski definition) is 1. The summed E-state index contributed by atoms with van der Waals surface area (Å²) in [6.07, 6.45) is 1.09. The molecule has 2 aromatic carbocycles. The van der Waals surface area contributed by atoms with Crippen molar-refractivity contribution in [2.75, 3.05) is 6.54 Å². The fourth-order valence-corrected chi connectivity index (χ4v) is 2.58. The first-order valence-corrected chi connectivity index (χ1v) is 7.32. The molecule has 0 fully saturated rings. The Balaban J connectivity index is 2.25. The summed E-state index contributed by atoms with van der Waals surface area (Å²) >= 11 is 12.4. The monoisotopic (exact) mass is 311 g/mol. The zero-order valence-corrected chi connectivity index (χ0v) is 12.7. The summed E-state index contributed by atoms with van der Waals surface area (Å²) in [7, 11) is 0. The average molecular weight is 312 g/mol. The third-order valence-electron chi connectivity index (χ3n) is 3.01. The van der Waals surface area contributed by atoms with Gasteiger partial charge in [-0.15, -0.1) is 0 Å². The molecule has 0 saturated carbocycles. The summed E-state index contributed by atoms with van der Waals surface area (Å²) < 4.78 is 13.1. The van der Waals surface area contributed by atoms with Crippen LogP contribution in [0.15, 0.2) is 36.4 Å². The van der Waals surface area contributed by atoms with Crippen LogP contribution in [0.5, 0.6) is 0 Å². The summed E-state index contributed by atoms with van der Waals surface area (Å²) in [4.78, 5) is 0. The van der Waals surface area contributed by atoms with Crippen molar-refractivity contribution in [1.29, 1.82) is 0 Å². The Kier molecular flexibility index (Phi) is 5.41. The van der Waals surface area contributed by atoms with E-state index in [0.29, 0.717) is 10.0 Å². The standard InChI is InChI=1S/C16H16Cl2FN/c1-2-7-20-10-11-3-5-13(15(17)8-11)14-6-4-12(19)9-16(14)18/h3-6,8-9,20H,2,7,10H2,1H3. The molecular formula is C16H16Cl2FN. The van der Waals surface area contributed by atoms with E-state index in [1.54, 1.807) is 6.07 Å². The van der Waals surface area contributed by atoms with E-state index in [2.05, 4.69) is 12.2 Å². The molecule has 0 aromatic heterocycles. The summed E-state index contributed by atoms with van der Waals surface area (Å²) in [5.74, 6) is -0.352. The molecule has 0 bridgehead atoms. The number of hydrogen-bond donors (Lipinski definition) is 1. The minimum Gasteiger partial charge on any atom is -0.313 e. The second-order valence-electron chi connectivity index (χ2n) is 4.62. The molecule has 0 saturated heterocycles. The zero-order chi connectivity index (χ0) is 14.5. The molecule has 0 unspecified atom stereocenters. The van der Waals surface area contributed by atoms with Crippen molar-refractivity contribution in [2.45, 2.75) is 19.9 Å². The highest BCUT2D eigenvalue weighted by atomic mass is 35.5. The molecule has 0 aliphatic heterocycles. The molecule has 1 nitrogen and oxygen atoms in total. The van der Waals surface area contributed by atoms with E-state index in [9.17, 15) is 4.39 Å². The second-order valence-corrected chi connectivity index (χ2v) is 5.43. The van der Waals surface area contributed by atoms with Crippen LogP contribution >= 0.6 is 23.2 Å². The van der Waals surface area contributed by atoms with Gasteiger partial charge in [0.25, 0.3) is 0 Å². The van der Waals surface area contributed by atoms with Crippen LogP contribution in [0.2, 0.25) is 10.0 Å². The molecule has 0 spiro atoms. The van der Waals surface area contributed by atoms with Crippen molar-refractivity contribution in [3.8, 4) is 11.1 Å². The Bertz CT molecular complexity index is 599. The molecule has 0 aliphatic carbocycles. The van der Waals surface area contributed by atoms with E-state index in [1.807, 2.05) is 18.2 Å². The fourth-order valence-electron chi connectivity index (χ4n) is 2.00. The Morgan fingerprint density at radius 2 is 1.65 bits per heavy atom. The quantitative estimate of drug-likeness (QED) is 0.739. The number of benzene rings is 2. The first-order chi connectivity index (χ1) is 9.61. The van der Waals surface area contributed by atoms with Gasteiger partial charge in [0.2, 0.25) is 0 Å². The van der Waals surface area contributed by atoms with Crippen LogP contribution in [0, 0.1) is 5.82 Å². The van der Waals surface area contributed by atoms with Gasteiger partial charge in [-0.05, 0) is 42.8 Å². The van der Waals surface area contributed by atoms with Crippen molar-refractivity contribution in [1.82, 2.24) is 5.32 Å². The highest BCUT2D eigenvalue weighted by molar-refractivity contribution is 6.36. The molecule has 0 heterocycles. The third-order valence-corrected chi connectivity index (χ3v) is 3.64. The number of rotatable bonds is 5. The van der Waals surface area contributed by atoms with E-state index in [-0.39, 0.29) is 5.82 Å². The van der Waals surface area contributed by atoms with Crippen molar-refractivity contribution >= 4 is 23.2 Å². The topological polar surface area (TPSA) is 12.0 Å². The van der Waals surface area contributed by atoms with Gasteiger partial charge in [-0.2, -0.15) is 0 Å². The Morgan fingerprint density at radius 1 is 1.00 bits per heavy atom. The van der Waals surface area contributed by atoms with Crippen LogP contribution in [0.1, 0.15) is 18.9 Å². The van der Waals surface area contributed by atoms with E-state index < -0.39 is 0 Å². The van der Waals surface area contributed by atoms with Crippen LogP contribution in [0.4, 0.5) is 4.39 Å². The van der Waals surface area contributed by atoms with Gasteiger partial charge in [0, 0.05) is 22.7 Å². The van der Waals surface area contributed by atoms with Crippen molar-refractivity contribution in [3.63, 3.8) is 0 Å². The molecule has 4 heteroatoms. The summed E-state index contributed by atoms with van der Waals surface area (Å²) in [5.41, 5.74) is 2.67. The van der Waals surface area contributed by atoms with E-state index in [1.165, 1.54) is 12.1 Å². The van der Waals surface area contributed by atoms with Gasteiger partial charge in [0.15, 0.2) is 0 Å². The molecular weight excluding hydrogens is 296 g/mol. The lowest BCUT2D eigenvalue weighted by atomic mass is 10.0. The highest BCUT2D eigenvalue weighted by Crippen LogP contribution is 2.34. The van der Waals surface area contributed by atoms with Crippen LogP contribution in [0.25, 0.3) is 11.1 Å². The molecule has 0 amide bonds. The zero-order valence-electron chi connectivity index (χ0n) is 11.2. The average Bonchev–Trinajstić information content (AvgIpc) is 2.40. The maximum absolute atomic E-state index is 13.1. The smallest absolute Gasteiger partial charge is 0.124 e. The van der Waals surface area contributed by atoms with Gasteiger partial charge in [-0.25, -0.2) is 4.39 Å². The normalized spacial score (nSPS) is 10.8. The molecule has 0 radical (unpaired) electrons. The van der Waals surface area contributed by atoms with Crippen molar-refractivity contribution in [3.05, 3.63) is 57.8 Å². The SMILES string of the molecule is CCCNCc1ccc(-c2ccc(F)cc2Cl)c(Cl)c1. The Hall–Kier alpha value is -1.09. The third kappa shape index (κ3) is 3.72. The molecule has 0 aliphatic rings. The fraction of sp³-hybridized carbons (Fsp3) is 0.250. The van der Waals surface area contributed by atoms with Crippen LogP contribution in [-0.2, 0) is 6.54 Å². The number of nitrogens with one attached hydrogen (secondary N) is 1. The maximum atomic E-state index is 13.1. The van der Waals surface area contributed by atoms with Gasteiger partial charge >= 0.3 is 0 Å².